The molecular weight excluding hydrogens is 449 g/mol. The van der Waals surface area contributed by atoms with Gasteiger partial charge in [-0.3, -0.25) is 13.8 Å². The number of phosphoric ester groups is 1. The number of carboxylic acids is 1. The number of benzene rings is 1. The number of phosphoric acid groups is 1. The Labute approximate surface area is 197 Å². The first-order chi connectivity index (χ1) is 15.5. The number of likely N-dealkylation sites (N-methyl/N-ethyl adjacent to an activating group) is 1. The molecule has 0 saturated heterocycles. The number of hydrogen-bond acceptors (Lipinski definition) is 6. The third kappa shape index (κ3) is 15.8. The number of unbranched alkanes of at least 4 members (excludes halogenated alkanes) is 4. The summed E-state index contributed by atoms with van der Waals surface area (Å²) in [6.45, 7) is 3.67. The third-order valence-corrected chi connectivity index (χ3v) is 5.64. The molecule has 9 nitrogen and oxygen atoms in total. The van der Waals surface area contributed by atoms with Gasteiger partial charge in [-0.1, -0.05) is 25.8 Å². The van der Waals surface area contributed by atoms with Gasteiger partial charge in [-0.25, -0.2) is 4.57 Å². The number of hydrogen-bond donors (Lipinski definition) is 2. The average Bonchev–Trinajstić information content (AvgIpc) is 2.68. The lowest BCUT2D eigenvalue weighted by Gasteiger charge is -2.29. The van der Waals surface area contributed by atoms with E-state index in [2.05, 4.69) is 6.92 Å². The van der Waals surface area contributed by atoms with Crippen LogP contribution in [0, 0.1) is 0 Å². The van der Waals surface area contributed by atoms with Crippen LogP contribution >= 0.6 is 7.82 Å². The molecule has 0 heterocycles. The van der Waals surface area contributed by atoms with Gasteiger partial charge in [0.15, 0.2) is 0 Å². The van der Waals surface area contributed by atoms with E-state index in [1.54, 1.807) is 0 Å². The lowest BCUT2D eigenvalue weighted by atomic mass is 10.2. The van der Waals surface area contributed by atoms with Gasteiger partial charge in [0.05, 0.1) is 47.4 Å². The van der Waals surface area contributed by atoms with E-state index in [-0.39, 0.29) is 19.6 Å². The van der Waals surface area contributed by atoms with Crippen LogP contribution in [0.4, 0.5) is 0 Å². The van der Waals surface area contributed by atoms with E-state index in [1.807, 2.05) is 45.4 Å². The van der Waals surface area contributed by atoms with Gasteiger partial charge in [0, 0.05) is 6.07 Å². The van der Waals surface area contributed by atoms with Gasteiger partial charge >= 0.3 is 13.8 Å². The fourth-order valence-corrected chi connectivity index (χ4v) is 4.04. The molecule has 2 unspecified atom stereocenters. The zero-order valence-corrected chi connectivity index (χ0v) is 21.3. The monoisotopic (exact) mass is 490 g/mol. The van der Waals surface area contributed by atoms with Gasteiger partial charge < -0.3 is 24.0 Å². The van der Waals surface area contributed by atoms with Gasteiger partial charge in [-0.2, -0.15) is 0 Å². The molecular formula is C23H41NO8P+. The predicted molar refractivity (Wildman–Crippen MR) is 127 cm³/mol. The second-order valence-electron chi connectivity index (χ2n) is 9.04. The molecule has 0 fully saturated rings. The lowest BCUT2D eigenvalue weighted by Crippen LogP contribution is -2.42. The SMILES string of the molecule is CCCCCOc1cccc(OCCCCCOP(=O)(O)OC(CC(=O)O)C[N+](C)(C)C)c1. The molecule has 0 aliphatic rings. The molecule has 10 heteroatoms. The summed E-state index contributed by atoms with van der Waals surface area (Å²) in [6.07, 6.45) is 4.10. The van der Waals surface area contributed by atoms with Crippen LogP contribution in [-0.2, 0) is 18.4 Å². The van der Waals surface area contributed by atoms with E-state index >= 15 is 0 Å². The van der Waals surface area contributed by atoms with E-state index in [0.717, 1.165) is 43.6 Å². The maximum absolute atomic E-state index is 12.2. The molecule has 0 aliphatic carbocycles. The minimum absolute atomic E-state index is 0.0407. The first-order valence-electron chi connectivity index (χ1n) is 11.5. The molecule has 1 rings (SSSR count). The summed E-state index contributed by atoms with van der Waals surface area (Å²) in [6, 6.07) is 7.56. The molecule has 0 amide bonds. The molecule has 0 aliphatic heterocycles. The highest BCUT2D eigenvalue weighted by molar-refractivity contribution is 7.47. The summed E-state index contributed by atoms with van der Waals surface area (Å²) in [5, 5.41) is 9.01. The topological polar surface area (TPSA) is 112 Å². The number of carboxylic acid groups (broad SMARTS) is 1. The van der Waals surface area contributed by atoms with Gasteiger partial charge in [-0.15, -0.1) is 0 Å². The summed E-state index contributed by atoms with van der Waals surface area (Å²) >= 11 is 0. The van der Waals surface area contributed by atoms with Crippen LogP contribution in [0.25, 0.3) is 0 Å². The quantitative estimate of drug-likeness (QED) is 0.166. The normalized spacial score (nSPS) is 14.5. The van der Waals surface area contributed by atoms with Gasteiger partial charge in [-0.05, 0) is 37.8 Å². The highest BCUT2D eigenvalue weighted by Gasteiger charge is 2.31. The smallest absolute Gasteiger partial charge is 0.472 e. The Morgan fingerprint density at radius 1 is 1.00 bits per heavy atom. The Morgan fingerprint density at radius 2 is 1.58 bits per heavy atom. The molecule has 1 aromatic rings. The Balaban J connectivity index is 2.27. The number of aliphatic carboxylic acids is 1. The van der Waals surface area contributed by atoms with E-state index in [0.29, 0.717) is 24.1 Å². The van der Waals surface area contributed by atoms with Crippen molar-refractivity contribution in [3.05, 3.63) is 24.3 Å². The first kappa shape index (κ1) is 29.4. The number of quaternary nitrogens is 1. The maximum Gasteiger partial charge on any atom is 0.472 e. The van der Waals surface area contributed by atoms with E-state index < -0.39 is 19.9 Å². The number of nitrogens with zero attached hydrogens (tertiary/aromatic N) is 1. The zero-order chi connectivity index (χ0) is 24.7. The van der Waals surface area contributed by atoms with Crippen molar-refractivity contribution in [1.82, 2.24) is 0 Å². The van der Waals surface area contributed by atoms with Gasteiger partial charge in [0.1, 0.15) is 24.1 Å². The number of rotatable bonds is 19. The second kappa shape index (κ2) is 15.3. The number of ether oxygens (including phenoxy) is 2. The molecule has 1 aromatic carbocycles. The van der Waals surface area contributed by atoms with Crippen LogP contribution in [0.2, 0.25) is 0 Å². The molecule has 0 radical (unpaired) electrons. The standard InChI is InChI=1S/C23H40NO8P/c1-5-6-8-14-29-20-12-11-13-21(17-20)30-15-9-7-10-16-31-33(27,28)32-22(18-23(25)26)19-24(2,3)4/h11-13,17,22H,5-10,14-16,18-19H2,1-4H3,(H-,25,26,27,28)/p+1. The van der Waals surface area contributed by atoms with Crippen molar-refractivity contribution in [2.45, 2.75) is 58.0 Å². The molecule has 2 atom stereocenters. The fourth-order valence-electron chi connectivity index (χ4n) is 3.11. The van der Waals surface area contributed by atoms with Crippen molar-refractivity contribution < 1.29 is 42.4 Å². The molecule has 190 valence electrons. The third-order valence-electron chi connectivity index (χ3n) is 4.57. The maximum atomic E-state index is 12.2. The second-order valence-corrected chi connectivity index (χ2v) is 10.4. The van der Waals surface area contributed by atoms with Crippen LogP contribution in [0.1, 0.15) is 51.9 Å². The molecule has 0 saturated carbocycles. The first-order valence-corrected chi connectivity index (χ1v) is 13.0. The van der Waals surface area contributed by atoms with Crippen molar-refractivity contribution in [2.24, 2.45) is 0 Å². The summed E-state index contributed by atoms with van der Waals surface area (Å²) in [7, 11) is 1.21. The minimum Gasteiger partial charge on any atom is -0.493 e. The Bertz CT molecular complexity index is 737. The van der Waals surface area contributed by atoms with Crippen molar-refractivity contribution in [2.75, 3.05) is 47.5 Å². The van der Waals surface area contributed by atoms with Crippen LogP contribution in [0.5, 0.6) is 11.5 Å². The lowest BCUT2D eigenvalue weighted by molar-refractivity contribution is -0.873. The molecule has 33 heavy (non-hydrogen) atoms. The Hall–Kier alpha value is -1.64. The minimum atomic E-state index is -4.33. The largest absolute Gasteiger partial charge is 0.493 e. The van der Waals surface area contributed by atoms with Gasteiger partial charge in [0.2, 0.25) is 0 Å². The summed E-state index contributed by atoms with van der Waals surface area (Å²) in [5.74, 6) is 0.443. The fraction of sp³-hybridized carbons (Fsp3) is 0.696. The van der Waals surface area contributed by atoms with E-state index in [9.17, 15) is 14.3 Å². The van der Waals surface area contributed by atoms with Crippen molar-refractivity contribution >= 4 is 13.8 Å². The van der Waals surface area contributed by atoms with Crippen molar-refractivity contribution in [3.8, 4) is 11.5 Å². The zero-order valence-electron chi connectivity index (χ0n) is 20.4. The highest BCUT2D eigenvalue weighted by Crippen LogP contribution is 2.45. The van der Waals surface area contributed by atoms with Crippen molar-refractivity contribution in [3.63, 3.8) is 0 Å². The summed E-state index contributed by atoms with van der Waals surface area (Å²) in [5.41, 5.74) is 0. The van der Waals surface area contributed by atoms with Crippen LogP contribution in [-0.4, -0.2) is 74.1 Å². The van der Waals surface area contributed by atoms with Crippen molar-refractivity contribution in [1.29, 1.82) is 0 Å². The van der Waals surface area contributed by atoms with Crippen LogP contribution in [0.3, 0.4) is 0 Å². The number of carbonyl (C=O) groups is 1. The molecule has 0 bridgehead atoms. The van der Waals surface area contributed by atoms with Crippen LogP contribution in [0.15, 0.2) is 24.3 Å². The summed E-state index contributed by atoms with van der Waals surface area (Å²) in [4.78, 5) is 21.0. The van der Waals surface area contributed by atoms with Gasteiger partial charge in [0.25, 0.3) is 0 Å². The highest BCUT2D eigenvalue weighted by atomic mass is 31.2. The summed E-state index contributed by atoms with van der Waals surface area (Å²) < 4.78 is 34.2. The average molecular weight is 491 g/mol. The molecule has 0 spiro atoms. The predicted octanol–water partition coefficient (Wildman–Crippen LogP) is 4.49. The van der Waals surface area contributed by atoms with E-state index in [1.165, 1.54) is 0 Å². The van der Waals surface area contributed by atoms with Crippen LogP contribution < -0.4 is 9.47 Å². The molecule has 0 aromatic heterocycles. The Morgan fingerprint density at radius 3 is 2.12 bits per heavy atom. The molecule has 2 N–H and O–H groups in total. The van der Waals surface area contributed by atoms with E-state index in [4.69, 9.17) is 23.6 Å². The Kier molecular flexibility index (Phi) is 13.6.